The number of hydrogen-bond donors (Lipinski definition) is 1. The van der Waals surface area contributed by atoms with Gasteiger partial charge in [-0.1, -0.05) is 29.5 Å². The summed E-state index contributed by atoms with van der Waals surface area (Å²) in [5.74, 6) is -0.296. The van der Waals surface area contributed by atoms with Crippen molar-refractivity contribution in [1.82, 2.24) is 15.2 Å². The lowest BCUT2D eigenvalue weighted by Crippen LogP contribution is -2.14. The molecule has 0 spiro atoms. The number of nitrogens with one attached hydrogen (secondary N) is 1. The molecule has 0 bridgehead atoms. The molecular formula is C17H13FN4OS. The van der Waals surface area contributed by atoms with Crippen LogP contribution in [0.4, 0.5) is 9.52 Å². The molecular weight excluding hydrogens is 327 g/mol. The van der Waals surface area contributed by atoms with Crippen molar-refractivity contribution in [2.75, 3.05) is 5.32 Å². The van der Waals surface area contributed by atoms with Crippen LogP contribution in [0.3, 0.4) is 0 Å². The van der Waals surface area contributed by atoms with Crippen molar-refractivity contribution < 1.29 is 9.18 Å². The lowest BCUT2D eigenvalue weighted by molar-refractivity contribution is -0.117. The van der Waals surface area contributed by atoms with Gasteiger partial charge in [-0.15, -0.1) is 10.2 Å². The number of carbonyl (C=O) groups is 1. The standard InChI is InChI=1S/C17H13FN4OS/c18-11-6-4-10(5-7-11)12-9-13(12)15(23)20-17-22-21-16(24-17)14-3-1-2-8-19-14/h1-8,12-13H,9H2,(H,20,22,23)/t12-,13-/m0/s1. The first-order valence-electron chi connectivity index (χ1n) is 7.52. The molecule has 2 aromatic heterocycles. The van der Waals surface area contributed by atoms with Crippen LogP contribution in [0.15, 0.2) is 48.7 Å². The second-order valence-electron chi connectivity index (χ2n) is 5.62. The third-order valence-electron chi connectivity index (χ3n) is 3.96. The van der Waals surface area contributed by atoms with Crippen molar-refractivity contribution in [1.29, 1.82) is 0 Å². The van der Waals surface area contributed by atoms with Crippen LogP contribution in [0, 0.1) is 11.7 Å². The van der Waals surface area contributed by atoms with Crippen LogP contribution >= 0.6 is 11.3 Å². The number of pyridine rings is 1. The molecule has 1 aliphatic rings. The highest BCUT2D eigenvalue weighted by Crippen LogP contribution is 2.48. The van der Waals surface area contributed by atoms with E-state index < -0.39 is 0 Å². The topological polar surface area (TPSA) is 67.8 Å². The lowest BCUT2D eigenvalue weighted by atomic mass is 10.1. The van der Waals surface area contributed by atoms with E-state index in [9.17, 15) is 9.18 Å². The van der Waals surface area contributed by atoms with E-state index in [-0.39, 0.29) is 23.6 Å². The number of carbonyl (C=O) groups excluding carboxylic acids is 1. The first-order valence-corrected chi connectivity index (χ1v) is 8.33. The number of rotatable bonds is 4. The van der Waals surface area contributed by atoms with Crippen LogP contribution in [0.5, 0.6) is 0 Å². The zero-order valence-corrected chi connectivity index (χ0v) is 13.3. The van der Waals surface area contributed by atoms with E-state index in [0.29, 0.717) is 10.1 Å². The van der Waals surface area contributed by atoms with Gasteiger partial charge in [-0.2, -0.15) is 0 Å². The molecule has 1 amide bonds. The molecule has 1 N–H and O–H groups in total. The van der Waals surface area contributed by atoms with Gasteiger partial charge in [0.15, 0.2) is 5.01 Å². The Morgan fingerprint density at radius 3 is 2.75 bits per heavy atom. The van der Waals surface area contributed by atoms with E-state index in [2.05, 4.69) is 20.5 Å². The van der Waals surface area contributed by atoms with E-state index in [0.717, 1.165) is 17.7 Å². The fourth-order valence-electron chi connectivity index (χ4n) is 2.63. The molecule has 24 heavy (non-hydrogen) atoms. The van der Waals surface area contributed by atoms with Gasteiger partial charge in [-0.3, -0.25) is 9.78 Å². The summed E-state index contributed by atoms with van der Waals surface area (Å²) in [4.78, 5) is 16.5. The summed E-state index contributed by atoms with van der Waals surface area (Å²) in [6, 6.07) is 11.9. The normalized spacial score (nSPS) is 19.0. The number of amides is 1. The fourth-order valence-corrected chi connectivity index (χ4v) is 3.35. The first kappa shape index (κ1) is 14.9. The number of benzene rings is 1. The molecule has 5 nitrogen and oxygen atoms in total. The first-order chi connectivity index (χ1) is 11.7. The molecule has 2 atom stereocenters. The summed E-state index contributed by atoms with van der Waals surface area (Å²) in [5.41, 5.74) is 1.72. The molecule has 1 fully saturated rings. The van der Waals surface area contributed by atoms with Crippen molar-refractivity contribution >= 4 is 22.4 Å². The molecule has 0 saturated heterocycles. The van der Waals surface area contributed by atoms with Crippen molar-refractivity contribution in [2.45, 2.75) is 12.3 Å². The van der Waals surface area contributed by atoms with Crippen molar-refractivity contribution in [3.8, 4) is 10.7 Å². The third kappa shape index (κ3) is 3.03. The summed E-state index contributed by atoms with van der Waals surface area (Å²) in [6.07, 6.45) is 2.45. The minimum Gasteiger partial charge on any atom is -0.300 e. The van der Waals surface area contributed by atoms with Gasteiger partial charge < -0.3 is 5.32 Å². The Balaban J connectivity index is 1.41. The van der Waals surface area contributed by atoms with Gasteiger partial charge in [0, 0.05) is 12.1 Å². The smallest absolute Gasteiger partial charge is 0.229 e. The Morgan fingerprint density at radius 2 is 2.00 bits per heavy atom. The zero-order valence-electron chi connectivity index (χ0n) is 12.5. The van der Waals surface area contributed by atoms with Gasteiger partial charge in [0.1, 0.15) is 11.5 Å². The summed E-state index contributed by atoms with van der Waals surface area (Å²) < 4.78 is 13.0. The average Bonchev–Trinajstić information content (AvgIpc) is 3.28. The highest BCUT2D eigenvalue weighted by atomic mass is 32.1. The largest absolute Gasteiger partial charge is 0.300 e. The Morgan fingerprint density at radius 1 is 1.17 bits per heavy atom. The van der Waals surface area contributed by atoms with Crippen molar-refractivity contribution in [3.63, 3.8) is 0 Å². The Kier molecular flexibility index (Phi) is 3.78. The maximum atomic E-state index is 13.0. The molecule has 0 radical (unpaired) electrons. The number of anilines is 1. The second-order valence-corrected chi connectivity index (χ2v) is 6.59. The molecule has 0 unspecified atom stereocenters. The average molecular weight is 340 g/mol. The number of aromatic nitrogens is 3. The number of halogens is 1. The third-order valence-corrected chi connectivity index (χ3v) is 4.83. The summed E-state index contributed by atoms with van der Waals surface area (Å²) in [5, 5.41) is 12.0. The number of hydrogen-bond acceptors (Lipinski definition) is 5. The quantitative estimate of drug-likeness (QED) is 0.789. The van der Waals surface area contributed by atoms with E-state index >= 15 is 0 Å². The highest BCUT2D eigenvalue weighted by molar-refractivity contribution is 7.18. The van der Waals surface area contributed by atoms with Crippen LogP contribution in [0.2, 0.25) is 0 Å². The maximum absolute atomic E-state index is 13.0. The molecule has 3 aromatic rings. The molecule has 0 aliphatic heterocycles. The van der Waals surface area contributed by atoms with Crippen LogP contribution < -0.4 is 5.32 Å². The highest BCUT2D eigenvalue weighted by Gasteiger charge is 2.44. The Bertz CT molecular complexity index is 866. The molecule has 1 aromatic carbocycles. The predicted molar refractivity (Wildman–Crippen MR) is 89.0 cm³/mol. The van der Waals surface area contributed by atoms with Crippen LogP contribution in [-0.2, 0) is 4.79 Å². The van der Waals surface area contributed by atoms with Gasteiger partial charge in [-0.05, 0) is 42.2 Å². The zero-order chi connectivity index (χ0) is 16.5. The summed E-state index contributed by atoms with van der Waals surface area (Å²) in [7, 11) is 0. The van der Waals surface area contributed by atoms with Crippen LogP contribution in [-0.4, -0.2) is 21.1 Å². The molecule has 120 valence electrons. The summed E-state index contributed by atoms with van der Waals surface area (Å²) in [6.45, 7) is 0. The van der Waals surface area contributed by atoms with Crippen molar-refractivity contribution in [3.05, 3.63) is 60.0 Å². The van der Waals surface area contributed by atoms with E-state index in [4.69, 9.17) is 0 Å². The monoisotopic (exact) mass is 340 g/mol. The number of nitrogens with zero attached hydrogens (tertiary/aromatic N) is 3. The summed E-state index contributed by atoms with van der Waals surface area (Å²) >= 11 is 1.29. The maximum Gasteiger partial charge on any atom is 0.229 e. The van der Waals surface area contributed by atoms with Gasteiger partial charge >= 0.3 is 0 Å². The van der Waals surface area contributed by atoms with Gasteiger partial charge in [0.05, 0.1) is 0 Å². The Hall–Kier alpha value is -2.67. The van der Waals surface area contributed by atoms with E-state index in [1.54, 1.807) is 18.3 Å². The van der Waals surface area contributed by atoms with Gasteiger partial charge in [-0.25, -0.2) is 4.39 Å². The lowest BCUT2D eigenvalue weighted by Gasteiger charge is -2.01. The SMILES string of the molecule is O=C(Nc1nnc(-c2ccccn2)s1)[C@H]1C[C@H]1c1ccc(F)cc1. The van der Waals surface area contributed by atoms with Crippen LogP contribution in [0.1, 0.15) is 17.9 Å². The molecule has 2 heterocycles. The van der Waals surface area contributed by atoms with Crippen molar-refractivity contribution in [2.24, 2.45) is 5.92 Å². The molecule has 4 rings (SSSR count). The minimum absolute atomic E-state index is 0.0759. The van der Waals surface area contributed by atoms with Crippen LogP contribution in [0.25, 0.3) is 10.7 Å². The predicted octanol–water partition coefficient (Wildman–Crippen LogP) is 3.48. The van der Waals surface area contributed by atoms with E-state index in [1.165, 1.54) is 23.5 Å². The van der Waals surface area contributed by atoms with Gasteiger partial charge in [0.25, 0.3) is 0 Å². The van der Waals surface area contributed by atoms with E-state index in [1.807, 2.05) is 18.2 Å². The minimum atomic E-state index is -0.267. The molecule has 1 aliphatic carbocycles. The molecule has 1 saturated carbocycles. The second kappa shape index (κ2) is 6.09. The van der Waals surface area contributed by atoms with Gasteiger partial charge in [0.2, 0.25) is 11.0 Å². The Labute approximate surface area is 141 Å². The molecule has 7 heteroatoms. The fraction of sp³-hybridized carbons (Fsp3) is 0.176.